The van der Waals surface area contributed by atoms with Gasteiger partial charge in [-0.25, -0.2) is 0 Å². The van der Waals surface area contributed by atoms with Crippen molar-refractivity contribution in [3.8, 4) is 0 Å². The van der Waals surface area contributed by atoms with Crippen LogP contribution in [0.3, 0.4) is 0 Å². The van der Waals surface area contributed by atoms with E-state index in [1.807, 2.05) is 6.92 Å². The van der Waals surface area contributed by atoms with E-state index in [0.29, 0.717) is 0 Å². The molecule has 0 saturated carbocycles. The first-order chi connectivity index (χ1) is 11.3. The molecule has 25 heavy (non-hydrogen) atoms. The first-order valence-electron chi connectivity index (χ1n) is 10.1. The molecule has 0 unspecified atom stereocenters. The number of carbonyl (C=O) groups excluding carboxylic acids is 1. The first-order valence-corrected chi connectivity index (χ1v) is 15.6. The molecule has 0 aliphatic heterocycles. The Labute approximate surface area is 159 Å². The molecule has 0 bridgehead atoms. The summed E-state index contributed by atoms with van der Waals surface area (Å²) in [5.41, 5.74) is 0. The quantitative estimate of drug-likeness (QED) is 0.309. The third-order valence-corrected chi connectivity index (χ3v) is 15.8. The zero-order valence-corrected chi connectivity index (χ0v) is 20.7. The maximum absolute atomic E-state index is 11.6. The lowest BCUT2D eigenvalue weighted by Crippen LogP contribution is -2.51. The smallest absolute Gasteiger partial charge is 0.192 e. The summed E-state index contributed by atoms with van der Waals surface area (Å²) in [6.45, 7) is 24.4. The Morgan fingerprint density at radius 3 is 1.68 bits per heavy atom. The number of carbonyl (C=O) groups is 1. The van der Waals surface area contributed by atoms with Gasteiger partial charge in [-0.3, -0.25) is 0 Å². The Balaban J connectivity index is 5.44. The normalized spacial score (nSPS) is 18.5. The van der Waals surface area contributed by atoms with Crippen LogP contribution in [0.25, 0.3) is 0 Å². The lowest BCUT2D eigenvalue weighted by Gasteiger charge is -2.44. The predicted molar refractivity (Wildman–Crippen MR) is 114 cm³/mol. The lowest BCUT2D eigenvalue weighted by molar-refractivity contribution is -0.115. The Morgan fingerprint density at radius 1 is 0.920 bits per heavy atom. The average Bonchev–Trinajstić information content (AvgIpc) is 2.55. The van der Waals surface area contributed by atoms with Crippen LogP contribution in [0, 0.1) is 11.8 Å². The average molecular weight is 389 g/mol. The van der Waals surface area contributed by atoms with E-state index in [-0.39, 0.29) is 29.1 Å². The summed E-state index contributed by atoms with van der Waals surface area (Å²) in [6, 6.07) is 3.44. The maximum atomic E-state index is 11.6. The van der Waals surface area contributed by atoms with Gasteiger partial charge in [0.15, 0.2) is 16.6 Å². The summed E-state index contributed by atoms with van der Waals surface area (Å²) in [6.07, 6.45) is 1.08. The zero-order valence-electron chi connectivity index (χ0n) is 18.7. The van der Waals surface area contributed by atoms with Gasteiger partial charge in [0.05, 0.1) is 6.10 Å². The van der Waals surface area contributed by atoms with E-state index in [0.717, 1.165) is 24.4 Å². The molecule has 3 nitrogen and oxygen atoms in total. The second-order valence-electron chi connectivity index (χ2n) is 9.26. The minimum absolute atomic E-state index is 0.0781. The van der Waals surface area contributed by atoms with Gasteiger partial charge in [-0.2, -0.15) is 0 Å². The van der Waals surface area contributed by atoms with Crippen molar-refractivity contribution in [2.45, 2.75) is 111 Å². The van der Waals surface area contributed by atoms with Crippen LogP contribution in [0.15, 0.2) is 0 Å². The topological polar surface area (TPSA) is 35.5 Å². The molecule has 0 N–H and O–H groups in total. The van der Waals surface area contributed by atoms with Gasteiger partial charge in [0.1, 0.15) is 6.29 Å². The van der Waals surface area contributed by atoms with Crippen LogP contribution in [0.4, 0.5) is 0 Å². The van der Waals surface area contributed by atoms with Crippen molar-refractivity contribution < 1.29 is 13.6 Å². The highest BCUT2D eigenvalue weighted by Gasteiger charge is 2.43. The highest BCUT2D eigenvalue weighted by molar-refractivity contribution is 6.74. The van der Waals surface area contributed by atoms with Crippen molar-refractivity contribution in [2.24, 2.45) is 11.8 Å². The molecule has 0 spiro atoms. The predicted octanol–water partition coefficient (Wildman–Crippen LogP) is 6.26. The lowest BCUT2D eigenvalue weighted by atomic mass is 9.91. The van der Waals surface area contributed by atoms with Crippen LogP contribution in [0.1, 0.15) is 62.3 Å². The van der Waals surface area contributed by atoms with E-state index in [4.69, 9.17) is 8.85 Å². The Morgan fingerprint density at radius 2 is 1.36 bits per heavy atom. The molecule has 0 saturated heterocycles. The van der Waals surface area contributed by atoms with Crippen molar-refractivity contribution in [2.75, 3.05) is 0 Å². The third kappa shape index (κ3) is 6.60. The molecule has 4 atom stereocenters. The van der Waals surface area contributed by atoms with Gasteiger partial charge in [0.25, 0.3) is 0 Å². The van der Waals surface area contributed by atoms with Crippen molar-refractivity contribution in [1.29, 1.82) is 0 Å². The van der Waals surface area contributed by atoms with E-state index in [1.165, 1.54) is 0 Å². The van der Waals surface area contributed by atoms with E-state index in [1.54, 1.807) is 0 Å². The van der Waals surface area contributed by atoms with Gasteiger partial charge in [-0.15, -0.1) is 0 Å². The molecule has 150 valence electrons. The molecule has 0 rings (SSSR count). The summed E-state index contributed by atoms with van der Waals surface area (Å²) in [5, 5.41) is 0.131. The molecule has 5 heteroatoms. The number of hydrogen-bond donors (Lipinski definition) is 0. The largest absolute Gasteiger partial charge is 0.414 e. The molecule has 0 aromatic heterocycles. The van der Waals surface area contributed by atoms with Crippen LogP contribution in [-0.4, -0.2) is 35.1 Å². The van der Waals surface area contributed by atoms with Crippen molar-refractivity contribution in [3.05, 3.63) is 0 Å². The van der Waals surface area contributed by atoms with E-state index >= 15 is 0 Å². The molecule has 0 heterocycles. The second-order valence-corrected chi connectivity index (χ2v) is 18.7. The molecular formula is C20H44O3Si2. The van der Waals surface area contributed by atoms with Gasteiger partial charge < -0.3 is 13.6 Å². The highest BCUT2D eigenvalue weighted by Crippen LogP contribution is 2.40. The second kappa shape index (κ2) is 9.81. The fourth-order valence-electron chi connectivity index (χ4n) is 3.06. The van der Waals surface area contributed by atoms with Gasteiger partial charge >= 0.3 is 0 Å². The van der Waals surface area contributed by atoms with Crippen LogP contribution in [-0.2, 0) is 13.6 Å². The standard InChI is InChI=1S/C20H44O3Si2/c1-12-25(13-2,14-3)22-18(6)17(5)19(16(4)15-21)23-24(10,11)20(7,8)9/h15-19H,12-14H2,1-11H3/t16-,17-,18-,19-/m1/s1. The number of aldehydes is 1. The Hall–Kier alpha value is 0.0238. The third-order valence-electron chi connectivity index (χ3n) is 6.60. The number of hydrogen-bond acceptors (Lipinski definition) is 3. The summed E-state index contributed by atoms with van der Waals surface area (Å²) in [7, 11) is -3.60. The van der Waals surface area contributed by atoms with Gasteiger partial charge in [0.2, 0.25) is 0 Å². The monoisotopic (exact) mass is 388 g/mol. The summed E-state index contributed by atoms with van der Waals surface area (Å²) >= 11 is 0. The van der Waals surface area contributed by atoms with Gasteiger partial charge in [0, 0.05) is 17.9 Å². The molecule has 0 aromatic carbocycles. The molecular weight excluding hydrogens is 344 g/mol. The highest BCUT2D eigenvalue weighted by atomic mass is 28.4. The molecule has 0 fully saturated rings. The minimum atomic E-state index is -1.94. The Bertz CT molecular complexity index is 392. The summed E-state index contributed by atoms with van der Waals surface area (Å²) < 4.78 is 13.4. The molecule has 0 amide bonds. The van der Waals surface area contributed by atoms with E-state index in [9.17, 15) is 4.79 Å². The van der Waals surface area contributed by atoms with Crippen LogP contribution in [0.2, 0.25) is 36.3 Å². The van der Waals surface area contributed by atoms with Gasteiger partial charge in [-0.1, -0.05) is 55.4 Å². The summed E-state index contributed by atoms with van der Waals surface area (Å²) in [5.74, 6) is 0.0852. The van der Waals surface area contributed by atoms with Gasteiger partial charge in [-0.05, 0) is 43.2 Å². The van der Waals surface area contributed by atoms with Crippen molar-refractivity contribution >= 4 is 22.9 Å². The van der Waals surface area contributed by atoms with Crippen LogP contribution >= 0.6 is 0 Å². The van der Waals surface area contributed by atoms with Crippen LogP contribution in [0.5, 0.6) is 0 Å². The molecule has 0 aliphatic rings. The van der Waals surface area contributed by atoms with Crippen molar-refractivity contribution in [1.82, 2.24) is 0 Å². The first kappa shape index (κ1) is 25.0. The van der Waals surface area contributed by atoms with Crippen molar-refractivity contribution in [3.63, 3.8) is 0 Å². The zero-order chi connectivity index (χ0) is 20.1. The summed E-state index contributed by atoms with van der Waals surface area (Å²) in [4.78, 5) is 11.6. The fourth-order valence-corrected chi connectivity index (χ4v) is 7.52. The van der Waals surface area contributed by atoms with E-state index < -0.39 is 16.6 Å². The number of rotatable bonds is 11. The maximum Gasteiger partial charge on any atom is 0.192 e. The Kier molecular flexibility index (Phi) is 9.82. The molecule has 0 radical (unpaired) electrons. The van der Waals surface area contributed by atoms with Crippen LogP contribution < -0.4 is 0 Å². The van der Waals surface area contributed by atoms with E-state index in [2.05, 4.69) is 68.5 Å². The fraction of sp³-hybridized carbons (Fsp3) is 0.950. The minimum Gasteiger partial charge on any atom is -0.414 e. The molecule has 0 aromatic rings. The molecule has 0 aliphatic carbocycles. The SMILES string of the molecule is CC[Si](CC)(CC)O[C@H](C)[C@@H](C)[C@H](O[Si](C)(C)C(C)(C)C)[C@H](C)C=O.